The second-order valence-electron chi connectivity index (χ2n) is 6.74. The molecule has 152 valence electrons. The Morgan fingerprint density at radius 1 is 1.13 bits per heavy atom. The Bertz CT molecular complexity index is 1080. The molecule has 0 unspecified atom stereocenters. The maximum absolute atomic E-state index is 11.8. The monoisotopic (exact) mass is 419 g/mol. The van der Waals surface area contributed by atoms with Gasteiger partial charge in [0, 0.05) is 22.2 Å². The van der Waals surface area contributed by atoms with Gasteiger partial charge in [0.15, 0.2) is 0 Å². The van der Waals surface area contributed by atoms with Gasteiger partial charge in [-0.15, -0.1) is 11.8 Å². The normalized spacial score (nSPS) is 14.0. The zero-order valence-corrected chi connectivity index (χ0v) is 17.3. The minimum absolute atomic E-state index is 0.0825. The summed E-state index contributed by atoms with van der Waals surface area (Å²) in [5.74, 6) is 0.716. The summed E-state index contributed by atoms with van der Waals surface area (Å²) in [6, 6.07) is 17.5. The van der Waals surface area contributed by atoms with Crippen molar-refractivity contribution in [3.63, 3.8) is 0 Å². The van der Waals surface area contributed by atoms with E-state index in [1.54, 1.807) is 10.9 Å². The molecule has 1 aromatic heterocycles. The molecule has 0 aliphatic carbocycles. The van der Waals surface area contributed by atoms with Crippen LogP contribution in [0.25, 0.3) is 16.9 Å². The van der Waals surface area contributed by atoms with Gasteiger partial charge in [-0.05, 0) is 36.4 Å². The fourth-order valence-electron chi connectivity index (χ4n) is 3.00. The molecule has 0 radical (unpaired) electrons. The van der Waals surface area contributed by atoms with Gasteiger partial charge in [-0.3, -0.25) is 10.1 Å². The number of nitrogens with one attached hydrogen (secondary N) is 1. The number of hydrazone groups is 1. The molecule has 2 heterocycles. The molecule has 1 aliphatic heterocycles. The quantitative estimate of drug-likeness (QED) is 0.358. The van der Waals surface area contributed by atoms with Crippen LogP contribution in [0.2, 0.25) is 0 Å². The zero-order chi connectivity index (χ0) is 20.9. The van der Waals surface area contributed by atoms with E-state index in [0.717, 1.165) is 39.7 Å². The number of para-hydroxylation sites is 1. The second-order valence-corrected chi connectivity index (χ2v) is 7.91. The van der Waals surface area contributed by atoms with Crippen molar-refractivity contribution in [3.05, 3.63) is 66.4 Å². The SMILES string of the molecule is CCCSc1ccc(-c2nn(-c3ccccc3)cc2/C=N\N2CC(=O)NC2=O)cc1. The van der Waals surface area contributed by atoms with Crippen LogP contribution in [0.4, 0.5) is 4.79 Å². The standard InChI is InChI=1S/C22H21N5O2S/c1-2-12-30-19-10-8-16(9-11-19)21-17(13-23-27-15-20(28)24-22(27)29)14-26(25-21)18-6-4-3-5-7-18/h3-11,13-14H,2,12,15H2,1H3,(H,24,28,29)/b23-13-. The van der Waals surface area contributed by atoms with Crippen molar-refractivity contribution in [3.8, 4) is 16.9 Å². The van der Waals surface area contributed by atoms with Crippen LogP contribution in [0.1, 0.15) is 18.9 Å². The lowest BCUT2D eigenvalue weighted by Gasteiger charge is -2.05. The fraction of sp³-hybridized carbons (Fsp3) is 0.182. The van der Waals surface area contributed by atoms with E-state index in [2.05, 4.69) is 29.5 Å². The van der Waals surface area contributed by atoms with Crippen molar-refractivity contribution in [2.24, 2.45) is 5.10 Å². The molecule has 1 aliphatic rings. The molecule has 2 aromatic carbocycles. The minimum atomic E-state index is -0.523. The number of hydrogen-bond acceptors (Lipinski definition) is 5. The van der Waals surface area contributed by atoms with Gasteiger partial charge in [-0.1, -0.05) is 37.3 Å². The summed E-state index contributed by atoms with van der Waals surface area (Å²) in [7, 11) is 0. The van der Waals surface area contributed by atoms with Crippen LogP contribution in [0.5, 0.6) is 0 Å². The molecule has 1 fully saturated rings. The highest BCUT2D eigenvalue weighted by atomic mass is 32.2. The largest absolute Gasteiger partial charge is 0.344 e. The van der Waals surface area contributed by atoms with Gasteiger partial charge in [-0.2, -0.15) is 10.2 Å². The third-order valence-corrected chi connectivity index (χ3v) is 5.69. The number of nitrogens with zero attached hydrogens (tertiary/aromatic N) is 4. The van der Waals surface area contributed by atoms with E-state index in [0.29, 0.717) is 0 Å². The highest BCUT2D eigenvalue weighted by Crippen LogP contribution is 2.26. The van der Waals surface area contributed by atoms with E-state index >= 15 is 0 Å². The van der Waals surface area contributed by atoms with Crippen molar-refractivity contribution in [1.29, 1.82) is 0 Å². The Morgan fingerprint density at radius 3 is 2.57 bits per heavy atom. The molecule has 0 spiro atoms. The van der Waals surface area contributed by atoms with Gasteiger partial charge in [0.1, 0.15) is 12.2 Å². The van der Waals surface area contributed by atoms with Crippen molar-refractivity contribution in [2.45, 2.75) is 18.2 Å². The van der Waals surface area contributed by atoms with Gasteiger partial charge in [0.05, 0.1) is 11.9 Å². The number of carbonyl (C=O) groups excluding carboxylic acids is 2. The van der Waals surface area contributed by atoms with Crippen molar-refractivity contribution < 1.29 is 9.59 Å². The van der Waals surface area contributed by atoms with E-state index in [-0.39, 0.29) is 12.5 Å². The highest BCUT2D eigenvalue weighted by molar-refractivity contribution is 7.99. The van der Waals surface area contributed by atoms with Gasteiger partial charge >= 0.3 is 6.03 Å². The van der Waals surface area contributed by atoms with Gasteiger partial charge in [-0.25, -0.2) is 14.5 Å². The van der Waals surface area contributed by atoms with E-state index < -0.39 is 6.03 Å². The lowest BCUT2D eigenvalue weighted by Crippen LogP contribution is -2.24. The number of urea groups is 1. The van der Waals surface area contributed by atoms with Crippen LogP contribution in [-0.4, -0.2) is 45.2 Å². The summed E-state index contributed by atoms with van der Waals surface area (Å²) in [6.45, 7) is 2.08. The van der Waals surface area contributed by atoms with E-state index in [1.807, 2.05) is 60.4 Å². The Labute approximate surface area is 178 Å². The number of thioether (sulfide) groups is 1. The Balaban J connectivity index is 1.68. The van der Waals surface area contributed by atoms with Crippen LogP contribution >= 0.6 is 11.8 Å². The smallest absolute Gasteiger partial charge is 0.275 e. The molecule has 3 aromatic rings. The molecule has 1 N–H and O–H groups in total. The number of imide groups is 1. The predicted octanol–water partition coefficient (Wildman–Crippen LogP) is 3.93. The number of aromatic nitrogens is 2. The lowest BCUT2D eigenvalue weighted by molar-refractivity contribution is -0.118. The van der Waals surface area contributed by atoms with Gasteiger partial charge < -0.3 is 0 Å². The molecular weight excluding hydrogens is 398 g/mol. The first kappa shape index (κ1) is 19.9. The number of hydrogen-bond donors (Lipinski definition) is 1. The molecule has 30 heavy (non-hydrogen) atoms. The Hall–Kier alpha value is -3.39. The zero-order valence-electron chi connectivity index (χ0n) is 16.5. The van der Waals surface area contributed by atoms with Crippen LogP contribution < -0.4 is 5.32 Å². The number of amides is 3. The van der Waals surface area contributed by atoms with E-state index in [1.165, 1.54) is 4.90 Å². The molecule has 0 saturated carbocycles. The Morgan fingerprint density at radius 2 is 1.90 bits per heavy atom. The first-order valence-corrected chi connectivity index (χ1v) is 10.7. The van der Waals surface area contributed by atoms with Crippen molar-refractivity contribution >= 4 is 29.9 Å². The summed E-state index contributed by atoms with van der Waals surface area (Å²) in [4.78, 5) is 24.4. The number of carbonyl (C=O) groups is 2. The summed E-state index contributed by atoms with van der Waals surface area (Å²) in [5, 5.41) is 12.3. The van der Waals surface area contributed by atoms with E-state index in [4.69, 9.17) is 5.10 Å². The highest BCUT2D eigenvalue weighted by Gasteiger charge is 2.26. The first-order valence-electron chi connectivity index (χ1n) is 9.67. The molecular formula is C22H21N5O2S. The maximum atomic E-state index is 11.8. The summed E-state index contributed by atoms with van der Waals surface area (Å²) in [6.07, 6.45) is 4.56. The summed E-state index contributed by atoms with van der Waals surface area (Å²) < 4.78 is 1.78. The fourth-order valence-corrected chi connectivity index (χ4v) is 3.77. The van der Waals surface area contributed by atoms with Gasteiger partial charge in [0.25, 0.3) is 0 Å². The maximum Gasteiger partial charge on any atom is 0.344 e. The molecule has 0 atom stereocenters. The first-order chi connectivity index (χ1) is 14.6. The van der Waals surface area contributed by atoms with Crippen LogP contribution in [0, 0.1) is 0 Å². The predicted molar refractivity (Wildman–Crippen MR) is 118 cm³/mol. The molecule has 3 amide bonds. The lowest BCUT2D eigenvalue weighted by atomic mass is 10.1. The number of rotatable bonds is 7. The van der Waals surface area contributed by atoms with Crippen molar-refractivity contribution in [1.82, 2.24) is 20.1 Å². The Kier molecular flexibility index (Phi) is 5.94. The molecule has 7 nitrogen and oxygen atoms in total. The number of benzene rings is 2. The third kappa shape index (κ3) is 4.44. The van der Waals surface area contributed by atoms with E-state index in [9.17, 15) is 9.59 Å². The van der Waals surface area contributed by atoms with Gasteiger partial charge in [0.2, 0.25) is 5.91 Å². The molecule has 4 rings (SSSR count). The van der Waals surface area contributed by atoms with Crippen LogP contribution in [-0.2, 0) is 4.79 Å². The van der Waals surface area contributed by atoms with Crippen LogP contribution in [0.3, 0.4) is 0 Å². The average Bonchev–Trinajstić information content (AvgIpc) is 3.34. The summed E-state index contributed by atoms with van der Waals surface area (Å²) in [5.41, 5.74) is 3.37. The second kappa shape index (κ2) is 8.96. The van der Waals surface area contributed by atoms with Crippen molar-refractivity contribution in [2.75, 3.05) is 12.3 Å². The third-order valence-electron chi connectivity index (χ3n) is 4.47. The summed E-state index contributed by atoms with van der Waals surface area (Å²) >= 11 is 1.82. The molecule has 1 saturated heterocycles. The average molecular weight is 420 g/mol. The minimum Gasteiger partial charge on any atom is -0.275 e. The molecule has 0 bridgehead atoms. The van der Waals surface area contributed by atoms with Crippen LogP contribution in [0.15, 0.2) is 70.8 Å². The topological polar surface area (TPSA) is 79.6 Å². The molecule has 8 heteroatoms.